The third-order valence-electron chi connectivity index (χ3n) is 3.29. The van der Waals surface area contributed by atoms with Crippen molar-refractivity contribution in [2.24, 2.45) is 0 Å². The molecule has 2 nitrogen and oxygen atoms in total. The number of hydrogen-bond donors (Lipinski definition) is 1. The summed E-state index contributed by atoms with van der Waals surface area (Å²) in [6, 6.07) is 11.3. The van der Waals surface area contributed by atoms with Gasteiger partial charge in [0.1, 0.15) is 0 Å². The minimum absolute atomic E-state index is 0.350. The molecule has 0 aliphatic heterocycles. The number of anilines is 2. The van der Waals surface area contributed by atoms with Gasteiger partial charge in [-0.25, -0.2) is 0 Å². The Morgan fingerprint density at radius 2 is 1.84 bits per heavy atom. The van der Waals surface area contributed by atoms with Gasteiger partial charge in [-0.05, 0) is 56.7 Å². The van der Waals surface area contributed by atoms with Gasteiger partial charge in [0, 0.05) is 35.2 Å². The third-order valence-corrected chi connectivity index (χ3v) is 4.47. The van der Waals surface area contributed by atoms with E-state index in [4.69, 9.17) is 0 Å². The molecule has 0 amide bonds. The van der Waals surface area contributed by atoms with Crippen molar-refractivity contribution >= 4 is 22.7 Å². The fraction of sp³-hybridized carbons (Fsp3) is 0.375. The second kappa shape index (κ2) is 5.66. The van der Waals surface area contributed by atoms with Gasteiger partial charge in [-0.3, -0.25) is 0 Å². The van der Waals surface area contributed by atoms with Crippen molar-refractivity contribution in [1.82, 2.24) is 0 Å². The standard InChI is InChI=1S/C16H22N2S/c1-11-10-14(18(4)5)7-8-15(11)17-13(3)16-9-6-12(2)19-16/h6-10,13,17H,1-5H3. The molecular weight excluding hydrogens is 252 g/mol. The molecule has 0 saturated heterocycles. The molecule has 1 unspecified atom stereocenters. The summed E-state index contributed by atoms with van der Waals surface area (Å²) in [5.41, 5.74) is 3.73. The van der Waals surface area contributed by atoms with Crippen LogP contribution in [0.15, 0.2) is 30.3 Å². The molecule has 1 heterocycles. The van der Waals surface area contributed by atoms with E-state index in [1.165, 1.54) is 26.7 Å². The first kappa shape index (κ1) is 13.9. The third kappa shape index (κ3) is 3.29. The van der Waals surface area contributed by atoms with Crippen molar-refractivity contribution in [3.05, 3.63) is 45.6 Å². The summed E-state index contributed by atoms with van der Waals surface area (Å²) < 4.78 is 0. The van der Waals surface area contributed by atoms with Crippen LogP contribution in [0.2, 0.25) is 0 Å². The maximum absolute atomic E-state index is 3.60. The van der Waals surface area contributed by atoms with Gasteiger partial charge in [-0.1, -0.05) is 0 Å². The summed E-state index contributed by atoms with van der Waals surface area (Å²) in [7, 11) is 4.14. The van der Waals surface area contributed by atoms with Crippen LogP contribution in [0.3, 0.4) is 0 Å². The Hall–Kier alpha value is -1.48. The topological polar surface area (TPSA) is 15.3 Å². The molecule has 0 aliphatic carbocycles. The number of nitrogens with one attached hydrogen (secondary N) is 1. The Morgan fingerprint density at radius 1 is 1.11 bits per heavy atom. The van der Waals surface area contributed by atoms with Gasteiger partial charge >= 0.3 is 0 Å². The molecule has 1 aromatic carbocycles. The largest absolute Gasteiger partial charge is 0.378 e. The summed E-state index contributed by atoms with van der Waals surface area (Å²) in [4.78, 5) is 4.87. The summed E-state index contributed by atoms with van der Waals surface area (Å²) in [6.07, 6.45) is 0. The van der Waals surface area contributed by atoms with Crippen LogP contribution in [0, 0.1) is 13.8 Å². The normalized spacial score (nSPS) is 12.3. The zero-order chi connectivity index (χ0) is 14.0. The summed E-state index contributed by atoms with van der Waals surface area (Å²) >= 11 is 1.86. The number of benzene rings is 1. The molecule has 0 bridgehead atoms. The van der Waals surface area contributed by atoms with Crippen molar-refractivity contribution in [2.45, 2.75) is 26.8 Å². The maximum Gasteiger partial charge on any atom is 0.0578 e. The number of nitrogens with zero attached hydrogens (tertiary/aromatic N) is 1. The Kier molecular flexibility index (Phi) is 4.15. The van der Waals surface area contributed by atoms with E-state index in [1.807, 2.05) is 11.3 Å². The number of thiophene rings is 1. The van der Waals surface area contributed by atoms with Crippen molar-refractivity contribution in [2.75, 3.05) is 24.3 Å². The van der Waals surface area contributed by atoms with Crippen molar-refractivity contribution in [3.8, 4) is 0 Å². The van der Waals surface area contributed by atoms with Crippen LogP contribution < -0.4 is 10.2 Å². The van der Waals surface area contributed by atoms with Crippen LogP contribution in [-0.2, 0) is 0 Å². The van der Waals surface area contributed by atoms with Crippen LogP contribution >= 0.6 is 11.3 Å². The average molecular weight is 274 g/mol. The van der Waals surface area contributed by atoms with Gasteiger partial charge in [-0.2, -0.15) is 0 Å². The SMILES string of the molecule is Cc1ccc(C(C)Nc2ccc(N(C)C)cc2C)s1. The van der Waals surface area contributed by atoms with Crippen LogP contribution in [-0.4, -0.2) is 14.1 Å². The summed E-state index contributed by atoms with van der Waals surface area (Å²) in [5.74, 6) is 0. The quantitative estimate of drug-likeness (QED) is 0.876. The van der Waals surface area contributed by atoms with Crippen LogP contribution in [0.25, 0.3) is 0 Å². The van der Waals surface area contributed by atoms with Crippen molar-refractivity contribution in [1.29, 1.82) is 0 Å². The van der Waals surface area contributed by atoms with Gasteiger partial charge in [0.2, 0.25) is 0 Å². The molecule has 0 fully saturated rings. The maximum atomic E-state index is 3.60. The molecule has 0 radical (unpaired) electrons. The van der Waals surface area contributed by atoms with Crippen LogP contribution in [0.1, 0.15) is 28.3 Å². The van der Waals surface area contributed by atoms with Crippen LogP contribution in [0.5, 0.6) is 0 Å². The lowest BCUT2D eigenvalue weighted by atomic mass is 10.1. The highest BCUT2D eigenvalue weighted by Gasteiger charge is 2.09. The molecular formula is C16H22N2S. The highest BCUT2D eigenvalue weighted by molar-refractivity contribution is 7.12. The molecule has 0 saturated carbocycles. The fourth-order valence-corrected chi connectivity index (χ4v) is 2.96. The highest BCUT2D eigenvalue weighted by Crippen LogP contribution is 2.28. The van der Waals surface area contributed by atoms with Crippen molar-refractivity contribution in [3.63, 3.8) is 0 Å². The van der Waals surface area contributed by atoms with E-state index in [2.05, 4.69) is 75.4 Å². The Morgan fingerprint density at radius 3 is 2.37 bits per heavy atom. The minimum atomic E-state index is 0.350. The average Bonchev–Trinajstić information content (AvgIpc) is 2.78. The monoisotopic (exact) mass is 274 g/mol. The van der Waals surface area contributed by atoms with E-state index >= 15 is 0 Å². The lowest BCUT2D eigenvalue weighted by molar-refractivity contribution is 0.905. The Balaban J connectivity index is 2.15. The van der Waals surface area contributed by atoms with E-state index in [9.17, 15) is 0 Å². The molecule has 1 N–H and O–H groups in total. The second-order valence-corrected chi connectivity index (χ2v) is 6.53. The molecule has 2 rings (SSSR count). The van der Waals surface area contributed by atoms with E-state index in [0.29, 0.717) is 6.04 Å². The number of hydrogen-bond acceptors (Lipinski definition) is 3. The van der Waals surface area contributed by atoms with E-state index < -0.39 is 0 Å². The fourth-order valence-electron chi connectivity index (χ4n) is 2.08. The smallest absolute Gasteiger partial charge is 0.0578 e. The molecule has 0 aliphatic rings. The predicted octanol–water partition coefficient (Wildman–Crippen LogP) is 4.60. The molecule has 19 heavy (non-hydrogen) atoms. The van der Waals surface area contributed by atoms with E-state index in [0.717, 1.165) is 0 Å². The molecule has 2 aromatic rings. The summed E-state index contributed by atoms with van der Waals surface area (Å²) in [5, 5.41) is 3.60. The highest BCUT2D eigenvalue weighted by atomic mass is 32.1. The number of aryl methyl sites for hydroxylation is 2. The minimum Gasteiger partial charge on any atom is -0.378 e. The van der Waals surface area contributed by atoms with E-state index in [1.54, 1.807) is 0 Å². The molecule has 102 valence electrons. The van der Waals surface area contributed by atoms with E-state index in [-0.39, 0.29) is 0 Å². The zero-order valence-electron chi connectivity index (χ0n) is 12.3. The first-order chi connectivity index (χ1) is 8.97. The van der Waals surface area contributed by atoms with Gasteiger partial charge in [0.15, 0.2) is 0 Å². The lowest BCUT2D eigenvalue weighted by Crippen LogP contribution is -2.10. The molecule has 0 spiro atoms. The summed E-state index contributed by atoms with van der Waals surface area (Å²) in [6.45, 7) is 6.52. The Bertz CT molecular complexity index is 558. The van der Waals surface area contributed by atoms with Crippen molar-refractivity contribution < 1.29 is 0 Å². The predicted molar refractivity (Wildman–Crippen MR) is 86.6 cm³/mol. The van der Waals surface area contributed by atoms with Gasteiger partial charge in [-0.15, -0.1) is 11.3 Å². The Labute approximate surface area is 120 Å². The molecule has 1 aromatic heterocycles. The first-order valence-corrected chi connectivity index (χ1v) is 7.40. The molecule has 3 heteroatoms. The zero-order valence-corrected chi connectivity index (χ0v) is 13.1. The first-order valence-electron chi connectivity index (χ1n) is 6.58. The van der Waals surface area contributed by atoms with Crippen LogP contribution in [0.4, 0.5) is 11.4 Å². The second-order valence-electron chi connectivity index (χ2n) is 5.21. The van der Waals surface area contributed by atoms with Gasteiger partial charge in [0.05, 0.1) is 6.04 Å². The lowest BCUT2D eigenvalue weighted by Gasteiger charge is -2.19. The number of rotatable bonds is 4. The van der Waals surface area contributed by atoms with Gasteiger partial charge < -0.3 is 10.2 Å². The van der Waals surface area contributed by atoms with Gasteiger partial charge in [0.25, 0.3) is 0 Å². The molecule has 1 atom stereocenters.